The van der Waals surface area contributed by atoms with E-state index in [0.717, 1.165) is 48.1 Å². The number of allylic oxidation sites excluding steroid dienone is 1. The molecule has 32 heavy (non-hydrogen) atoms. The van der Waals surface area contributed by atoms with Crippen LogP contribution in [0, 0.1) is 11.3 Å². The average molecular weight is 430 g/mol. The lowest BCUT2D eigenvalue weighted by molar-refractivity contribution is 0.0931. The molecule has 2 aliphatic rings. The van der Waals surface area contributed by atoms with Crippen molar-refractivity contribution in [3.05, 3.63) is 71.9 Å². The van der Waals surface area contributed by atoms with Gasteiger partial charge >= 0.3 is 0 Å². The van der Waals surface area contributed by atoms with Crippen molar-refractivity contribution in [3.63, 3.8) is 0 Å². The van der Waals surface area contributed by atoms with Crippen LogP contribution < -0.4 is 10.2 Å². The number of fused-ring (bicyclic) bond motifs is 1. The second-order valence-corrected chi connectivity index (χ2v) is 8.99. The van der Waals surface area contributed by atoms with E-state index in [9.17, 15) is 5.11 Å². The minimum atomic E-state index is -0.447. The molecule has 1 aliphatic carbocycles. The van der Waals surface area contributed by atoms with Crippen LogP contribution in [0.4, 0.5) is 5.69 Å². The molecule has 6 heteroatoms. The van der Waals surface area contributed by atoms with Crippen molar-refractivity contribution in [2.24, 2.45) is 5.92 Å². The van der Waals surface area contributed by atoms with Crippen molar-refractivity contribution < 1.29 is 5.11 Å². The molecule has 3 aromatic rings. The third kappa shape index (κ3) is 3.91. The van der Waals surface area contributed by atoms with Crippen LogP contribution in [0.5, 0.6) is 0 Å². The maximum atomic E-state index is 11.5. The molecule has 1 saturated heterocycles. The minimum absolute atomic E-state index is 0.257. The quantitative estimate of drug-likeness (QED) is 0.488. The van der Waals surface area contributed by atoms with Gasteiger partial charge in [0.1, 0.15) is 0 Å². The van der Waals surface area contributed by atoms with Crippen molar-refractivity contribution in [3.8, 4) is 0 Å². The summed E-state index contributed by atoms with van der Waals surface area (Å²) in [4.78, 5) is 6.72. The zero-order valence-electron chi connectivity index (χ0n) is 18.5. The van der Waals surface area contributed by atoms with Gasteiger partial charge in [-0.3, -0.25) is 0 Å². The number of aliphatic hydroxyl groups is 1. The van der Waals surface area contributed by atoms with Gasteiger partial charge in [0.2, 0.25) is 0 Å². The van der Waals surface area contributed by atoms with Crippen molar-refractivity contribution >= 4 is 23.0 Å². The molecular weight excluding hydrogens is 398 g/mol. The number of piperidine rings is 1. The van der Waals surface area contributed by atoms with Gasteiger partial charge in [-0.15, -0.1) is 0 Å². The van der Waals surface area contributed by atoms with Gasteiger partial charge in [0.25, 0.3) is 0 Å². The lowest BCUT2D eigenvalue weighted by Gasteiger charge is -2.36. The lowest BCUT2D eigenvalue weighted by atomic mass is 9.84. The highest BCUT2D eigenvalue weighted by Gasteiger charge is 2.33. The lowest BCUT2D eigenvalue weighted by Crippen LogP contribution is -2.35. The molecule has 6 nitrogen and oxygen atoms in total. The van der Waals surface area contributed by atoms with E-state index in [2.05, 4.69) is 51.7 Å². The number of rotatable bonds is 7. The number of hydrogen-bond acceptors (Lipinski definition) is 5. The second-order valence-electron chi connectivity index (χ2n) is 8.99. The van der Waals surface area contributed by atoms with Gasteiger partial charge in [0.05, 0.1) is 24.1 Å². The van der Waals surface area contributed by atoms with E-state index in [1.54, 1.807) is 0 Å². The van der Waals surface area contributed by atoms with Crippen LogP contribution >= 0.6 is 0 Å². The smallest absolute Gasteiger partial charge is 0.0992 e. The number of anilines is 1. The Balaban J connectivity index is 1.30. The standard InChI is InChI=1S/C26H31N5O/c1-28-15-21(14-27)18-4-6-22(7-5-18)30-11-8-20(9-12-30)26(32)25-23(19-2-3-19)10-13-31-17-29-16-24(25)31/h4-7,10,13-17,19-20,26-28,32H,2-3,8-9,11-12H2,1H3/b21-15+,27-14?. The molecule has 1 saturated carbocycles. The maximum absolute atomic E-state index is 11.5. The van der Waals surface area contributed by atoms with E-state index in [-0.39, 0.29) is 5.92 Å². The zero-order chi connectivity index (χ0) is 22.1. The molecule has 1 aromatic carbocycles. The molecule has 1 aliphatic heterocycles. The molecule has 2 aromatic heterocycles. The molecule has 0 amide bonds. The fourth-order valence-corrected chi connectivity index (χ4v) is 5.04. The van der Waals surface area contributed by atoms with Crippen LogP contribution in [0.2, 0.25) is 0 Å². The van der Waals surface area contributed by atoms with Crippen LogP contribution in [0.15, 0.2) is 55.3 Å². The summed E-state index contributed by atoms with van der Waals surface area (Å²) in [5.74, 6) is 0.855. The molecule has 2 fully saturated rings. The Kier molecular flexibility index (Phi) is 5.70. The number of benzene rings is 1. The Hall–Kier alpha value is -3.12. The first-order valence-electron chi connectivity index (χ1n) is 11.6. The van der Waals surface area contributed by atoms with E-state index in [1.165, 1.54) is 30.3 Å². The van der Waals surface area contributed by atoms with E-state index in [0.29, 0.717) is 5.92 Å². The maximum Gasteiger partial charge on any atom is 0.0992 e. The fraction of sp³-hybridized carbons (Fsp3) is 0.385. The number of hydrogen-bond donors (Lipinski definition) is 3. The van der Waals surface area contributed by atoms with Crippen LogP contribution in [0.3, 0.4) is 0 Å². The summed E-state index contributed by atoms with van der Waals surface area (Å²) in [5, 5.41) is 22.0. The van der Waals surface area contributed by atoms with Crippen LogP contribution in [0.1, 0.15) is 54.4 Å². The summed E-state index contributed by atoms with van der Waals surface area (Å²) in [5.41, 5.74) is 6.57. The Bertz CT molecular complexity index is 1120. The van der Waals surface area contributed by atoms with Crippen LogP contribution in [-0.2, 0) is 0 Å². The topological polar surface area (TPSA) is 76.7 Å². The highest BCUT2D eigenvalue weighted by Crippen LogP contribution is 2.46. The Morgan fingerprint density at radius 3 is 2.56 bits per heavy atom. The second kappa shape index (κ2) is 8.79. The van der Waals surface area contributed by atoms with E-state index >= 15 is 0 Å². The van der Waals surface area contributed by atoms with Crippen molar-refractivity contribution in [1.29, 1.82) is 5.41 Å². The highest BCUT2D eigenvalue weighted by atomic mass is 16.3. The van der Waals surface area contributed by atoms with Gasteiger partial charge in [0.15, 0.2) is 0 Å². The number of nitrogens with one attached hydrogen (secondary N) is 2. The summed E-state index contributed by atoms with van der Waals surface area (Å²) in [7, 11) is 1.84. The molecule has 3 heterocycles. The number of aliphatic hydroxyl groups excluding tert-OH is 1. The number of nitrogens with zero attached hydrogens (tertiary/aromatic N) is 3. The first-order valence-corrected chi connectivity index (χ1v) is 11.6. The number of pyridine rings is 1. The first-order chi connectivity index (χ1) is 15.7. The normalized spacial score (nSPS) is 18.7. The van der Waals surface area contributed by atoms with Crippen LogP contribution in [0.25, 0.3) is 11.1 Å². The van der Waals surface area contributed by atoms with Gasteiger partial charge in [-0.05, 0) is 66.8 Å². The first kappa shape index (κ1) is 20.8. The van der Waals surface area contributed by atoms with E-state index in [1.807, 2.05) is 30.2 Å². The summed E-state index contributed by atoms with van der Waals surface area (Å²) in [6.07, 6.45) is 12.9. The Morgan fingerprint density at radius 1 is 1.16 bits per heavy atom. The largest absolute Gasteiger partial charge is 0.393 e. The predicted molar refractivity (Wildman–Crippen MR) is 129 cm³/mol. The average Bonchev–Trinajstić information content (AvgIpc) is 3.58. The summed E-state index contributed by atoms with van der Waals surface area (Å²) >= 11 is 0. The number of imidazole rings is 1. The van der Waals surface area contributed by atoms with Gasteiger partial charge < -0.3 is 25.1 Å². The monoisotopic (exact) mass is 429 g/mol. The Morgan fingerprint density at radius 2 is 1.91 bits per heavy atom. The third-order valence-electron chi connectivity index (χ3n) is 6.99. The predicted octanol–water partition coefficient (Wildman–Crippen LogP) is 4.37. The molecule has 166 valence electrons. The molecule has 1 unspecified atom stereocenters. The summed E-state index contributed by atoms with van der Waals surface area (Å²) in [6.45, 7) is 1.87. The minimum Gasteiger partial charge on any atom is -0.393 e. The summed E-state index contributed by atoms with van der Waals surface area (Å²) in [6, 6.07) is 10.6. The van der Waals surface area contributed by atoms with Gasteiger partial charge in [-0.2, -0.15) is 0 Å². The fourth-order valence-electron chi connectivity index (χ4n) is 5.04. The van der Waals surface area contributed by atoms with Gasteiger partial charge in [-0.25, -0.2) is 4.98 Å². The molecule has 5 rings (SSSR count). The highest BCUT2D eigenvalue weighted by molar-refractivity contribution is 6.08. The van der Waals surface area contributed by atoms with Crippen molar-refractivity contribution in [1.82, 2.24) is 14.7 Å². The van der Waals surface area contributed by atoms with E-state index in [4.69, 9.17) is 5.41 Å². The third-order valence-corrected chi connectivity index (χ3v) is 6.99. The van der Waals surface area contributed by atoms with Crippen molar-refractivity contribution in [2.45, 2.75) is 37.7 Å². The number of aromatic nitrogens is 2. The van der Waals surface area contributed by atoms with E-state index < -0.39 is 6.10 Å². The summed E-state index contributed by atoms with van der Waals surface area (Å²) < 4.78 is 2.03. The molecule has 0 spiro atoms. The SMILES string of the molecule is CN/C=C(\C=N)c1ccc(N2CCC(C(O)c3c(C4CC4)ccn4cncc34)CC2)cc1. The molecular formula is C26H31N5O. The Labute approximate surface area is 189 Å². The molecule has 0 bridgehead atoms. The van der Waals surface area contributed by atoms with Gasteiger partial charge in [0, 0.05) is 55.6 Å². The molecule has 3 N–H and O–H groups in total. The van der Waals surface area contributed by atoms with Gasteiger partial charge in [-0.1, -0.05) is 12.1 Å². The van der Waals surface area contributed by atoms with Crippen LogP contribution in [-0.4, -0.2) is 40.8 Å². The molecule has 0 radical (unpaired) electrons. The van der Waals surface area contributed by atoms with Crippen molar-refractivity contribution in [2.75, 3.05) is 25.0 Å². The zero-order valence-corrected chi connectivity index (χ0v) is 18.5. The molecule has 1 atom stereocenters.